The molecule has 0 aliphatic heterocycles. The van der Waals surface area contributed by atoms with Gasteiger partial charge >= 0.3 is 0 Å². The van der Waals surface area contributed by atoms with Gasteiger partial charge in [0.2, 0.25) is 5.95 Å². The Kier molecular flexibility index (Phi) is 2.63. The lowest BCUT2D eigenvalue weighted by Crippen LogP contribution is -2.13. The molecular formula is C10H9FN4O. The average Bonchev–Trinajstić information content (AvgIpc) is 2.64. The Hall–Kier alpha value is -2.24. The minimum atomic E-state index is -0.682. The fourth-order valence-electron chi connectivity index (χ4n) is 1.22. The summed E-state index contributed by atoms with van der Waals surface area (Å²) in [5.41, 5.74) is 0.572. The highest BCUT2D eigenvalue weighted by atomic mass is 19.1. The van der Waals surface area contributed by atoms with Crippen LogP contribution in [0.25, 0.3) is 0 Å². The van der Waals surface area contributed by atoms with Crippen LogP contribution in [0.1, 0.15) is 10.5 Å². The number of anilines is 1. The van der Waals surface area contributed by atoms with Crippen LogP contribution in [-0.4, -0.2) is 20.7 Å². The van der Waals surface area contributed by atoms with Crippen LogP contribution in [0.5, 0.6) is 0 Å². The zero-order valence-electron chi connectivity index (χ0n) is 8.51. The van der Waals surface area contributed by atoms with E-state index in [2.05, 4.69) is 15.4 Å². The summed E-state index contributed by atoms with van der Waals surface area (Å²) < 4.78 is 14.3. The monoisotopic (exact) mass is 220 g/mol. The van der Waals surface area contributed by atoms with E-state index in [-0.39, 0.29) is 5.69 Å². The minimum Gasteiger partial charge on any atom is -0.318 e. The second-order valence-electron chi connectivity index (χ2n) is 3.20. The number of aromatic nitrogens is 3. The molecule has 0 bridgehead atoms. The molecule has 0 saturated carbocycles. The first-order valence-corrected chi connectivity index (χ1v) is 4.58. The lowest BCUT2D eigenvalue weighted by molar-refractivity contribution is 0.102. The Morgan fingerprint density at radius 2 is 2.31 bits per heavy atom. The molecule has 0 fully saturated rings. The lowest BCUT2D eigenvalue weighted by Gasteiger charge is -2.00. The van der Waals surface area contributed by atoms with Crippen molar-refractivity contribution in [1.82, 2.24) is 14.8 Å². The number of halogens is 1. The van der Waals surface area contributed by atoms with Crippen LogP contribution < -0.4 is 5.32 Å². The molecule has 5 nitrogen and oxygen atoms in total. The third-order valence-corrected chi connectivity index (χ3v) is 1.91. The van der Waals surface area contributed by atoms with E-state index in [1.807, 2.05) is 0 Å². The van der Waals surface area contributed by atoms with Gasteiger partial charge in [-0.1, -0.05) is 6.07 Å². The maximum absolute atomic E-state index is 12.8. The van der Waals surface area contributed by atoms with Crippen LogP contribution in [0.3, 0.4) is 0 Å². The summed E-state index contributed by atoms with van der Waals surface area (Å²) in [6.07, 6.45) is 3.13. The number of rotatable bonds is 2. The van der Waals surface area contributed by atoms with Crippen molar-refractivity contribution in [2.75, 3.05) is 5.32 Å². The second-order valence-corrected chi connectivity index (χ2v) is 3.20. The van der Waals surface area contributed by atoms with Crippen LogP contribution in [0.4, 0.5) is 10.1 Å². The molecule has 1 N–H and O–H groups in total. The normalized spacial score (nSPS) is 10.1. The van der Waals surface area contributed by atoms with Crippen LogP contribution in [0, 0.1) is 5.95 Å². The topological polar surface area (TPSA) is 59.8 Å². The van der Waals surface area contributed by atoms with Gasteiger partial charge in [0, 0.05) is 13.2 Å². The fraction of sp³-hybridized carbons (Fsp3) is 0.100. The molecule has 2 aromatic heterocycles. The van der Waals surface area contributed by atoms with E-state index in [0.717, 1.165) is 0 Å². The van der Waals surface area contributed by atoms with Gasteiger partial charge in [-0.3, -0.25) is 9.48 Å². The summed E-state index contributed by atoms with van der Waals surface area (Å²) in [4.78, 5) is 15.1. The van der Waals surface area contributed by atoms with E-state index in [1.54, 1.807) is 17.9 Å². The number of amides is 1. The zero-order valence-corrected chi connectivity index (χ0v) is 8.51. The average molecular weight is 220 g/mol. The van der Waals surface area contributed by atoms with Gasteiger partial charge in [-0.25, -0.2) is 4.98 Å². The van der Waals surface area contributed by atoms with E-state index < -0.39 is 11.9 Å². The summed E-state index contributed by atoms with van der Waals surface area (Å²) in [6, 6.07) is 4.05. The Bertz CT molecular complexity index is 523. The van der Waals surface area contributed by atoms with Crippen molar-refractivity contribution in [2.45, 2.75) is 0 Å². The Morgan fingerprint density at radius 3 is 2.94 bits per heavy atom. The summed E-state index contributed by atoms with van der Waals surface area (Å²) in [7, 11) is 1.73. The molecule has 0 spiro atoms. The van der Waals surface area contributed by atoms with Crippen molar-refractivity contribution in [3.05, 3.63) is 42.2 Å². The number of carbonyl (C=O) groups excluding carboxylic acids is 1. The SMILES string of the molecule is Cn1cc(NC(=O)c2cccc(F)n2)cn1. The third-order valence-electron chi connectivity index (χ3n) is 1.91. The molecule has 6 heteroatoms. The maximum Gasteiger partial charge on any atom is 0.274 e. The van der Waals surface area contributed by atoms with E-state index >= 15 is 0 Å². The predicted molar refractivity (Wildman–Crippen MR) is 55.4 cm³/mol. The second kappa shape index (κ2) is 4.09. The van der Waals surface area contributed by atoms with E-state index in [4.69, 9.17) is 0 Å². The van der Waals surface area contributed by atoms with Crippen LogP contribution in [-0.2, 0) is 7.05 Å². The van der Waals surface area contributed by atoms with E-state index in [1.165, 1.54) is 24.4 Å². The highest BCUT2D eigenvalue weighted by molar-refractivity contribution is 6.02. The largest absolute Gasteiger partial charge is 0.318 e. The number of hydrogen-bond donors (Lipinski definition) is 1. The molecule has 82 valence electrons. The molecule has 2 aromatic rings. The number of aryl methyl sites for hydroxylation is 1. The van der Waals surface area contributed by atoms with Gasteiger partial charge < -0.3 is 5.32 Å². The summed E-state index contributed by atoms with van der Waals surface area (Å²) >= 11 is 0. The molecule has 2 rings (SSSR count). The third kappa shape index (κ3) is 2.22. The van der Waals surface area contributed by atoms with Gasteiger partial charge in [0.1, 0.15) is 5.69 Å². The van der Waals surface area contributed by atoms with Crippen LogP contribution in [0.15, 0.2) is 30.6 Å². The molecule has 0 atom stereocenters. The standard InChI is InChI=1S/C10H9FN4O/c1-15-6-7(5-12-15)13-10(16)8-3-2-4-9(11)14-8/h2-6H,1H3,(H,13,16). The van der Waals surface area contributed by atoms with Gasteiger partial charge in [-0.2, -0.15) is 9.49 Å². The number of hydrogen-bond acceptors (Lipinski definition) is 3. The van der Waals surface area contributed by atoms with Crippen LogP contribution in [0.2, 0.25) is 0 Å². The van der Waals surface area contributed by atoms with E-state index in [0.29, 0.717) is 5.69 Å². The summed E-state index contributed by atoms with van der Waals surface area (Å²) in [5, 5.41) is 6.44. The zero-order chi connectivity index (χ0) is 11.5. The van der Waals surface area contributed by atoms with Crippen molar-refractivity contribution >= 4 is 11.6 Å². The molecular weight excluding hydrogens is 211 g/mol. The first-order chi connectivity index (χ1) is 7.65. The van der Waals surface area contributed by atoms with Gasteiger partial charge in [0.25, 0.3) is 5.91 Å². The number of carbonyl (C=O) groups is 1. The Balaban J connectivity index is 2.14. The number of pyridine rings is 1. The first kappa shape index (κ1) is 10.3. The fourth-order valence-corrected chi connectivity index (χ4v) is 1.22. The predicted octanol–water partition coefficient (Wildman–Crippen LogP) is 1.21. The molecule has 0 saturated heterocycles. The highest BCUT2D eigenvalue weighted by Gasteiger charge is 2.09. The van der Waals surface area contributed by atoms with Crippen molar-refractivity contribution in [2.24, 2.45) is 7.05 Å². The Labute approximate surface area is 90.9 Å². The van der Waals surface area contributed by atoms with E-state index in [9.17, 15) is 9.18 Å². The van der Waals surface area contributed by atoms with Gasteiger partial charge in [-0.05, 0) is 12.1 Å². The van der Waals surface area contributed by atoms with Gasteiger partial charge in [-0.15, -0.1) is 0 Å². The van der Waals surface area contributed by atoms with Crippen molar-refractivity contribution in [3.8, 4) is 0 Å². The molecule has 0 aliphatic carbocycles. The molecule has 2 heterocycles. The molecule has 0 aliphatic rings. The maximum atomic E-state index is 12.8. The van der Waals surface area contributed by atoms with Crippen LogP contribution >= 0.6 is 0 Å². The molecule has 0 radical (unpaired) electrons. The highest BCUT2D eigenvalue weighted by Crippen LogP contribution is 2.06. The molecule has 16 heavy (non-hydrogen) atoms. The molecule has 0 unspecified atom stereocenters. The number of nitrogens with zero attached hydrogens (tertiary/aromatic N) is 3. The van der Waals surface area contributed by atoms with Gasteiger partial charge in [0.05, 0.1) is 11.9 Å². The Morgan fingerprint density at radius 1 is 1.50 bits per heavy atom. The molecule has 0 aromatic carbocycles. The van der Waals surface area contributed by atoms with Crippen molar-refractivity contribution in [1.29, 1.82) is 0 Å². The lowest BCUT2D eigenvalue weighted by atomic mass is 10.3. The summed E-state index contributed by atoms with van der Waals surface area (Å²) in [5.74, 6) is -1.15. The van der Waals surface area contributed by atoms with Crippen molar-refractivity contribution < 1.29 is 9.18 Å². The number of nitrogens with one attached hydrogen (secondary N) is 1. The smallest absolute Gasteiger partial charge is 0.274 e. The minimum absolute atomic E-state index is 0.0313. The summed E-state index contributed by atoms with van der Waals surface area (Å²) in [6.45, 7) is 0. The molecule has 1 amide bonds. The van der Waals surface area contributed by atoms with Crippen molar-refractivity contribution in [3.63, 3.8) is 0 Å². The first-order valence-electron chi connectivity index (χ1n) is 4.58. The van der Waals surface area contributed by atoms with Gasteiger partial charge in [0.15, 0.2) is 0 Å². The quantitative estimate of drug-likeness (QED) is 0.774.